The SMILES string of the molecule is CC1CCC12OC2C#N. The van der Waals surface area contributed by atoms with Crippen LogP contribution in [0.2, 0.25) is 0 Å². The molecule has 0 aromatic rings. The van der Waals surface area contributed by atoms with Crippen molar-refractivity contribution >= 4 is 0 Å². The monoisotopic (exact) mass is 123 g/mol. The summed E-state index contributed by atoms with van der Waals surface area (Å²) in [5, 5.41) is 8.45. The van der Waals surface area contributed by atoms with E-state index in [9.17, 15) is 0 Å². The van der Waals surface area contributed by atoms with Crippen molar-refractivity contribution in [2.24, 2.45) is 5.92 Å². The van der Waals surface area contributed by atoms with Gasteiger partial charge in [0.1, 0.15) is 5.60 Å². The lowest BCUT2D eigenvalue weighted by atomic mass is 9.72. The van der Waals surface area contributed by atoms with Gasteiger partial charge in [0, 0.05) is 0 Å². The Labute approximate surface area is 54.4 Å². The van der Waals surface area contributed by atoms with Crippen LogP contribution in [0.3, 0.4) is 0 Å². The molecule has 0 aromatic heterocycles. The molecule has 2 nitrogen and oxygen atoms in total. The third-order valence-electron chi connectivity index (χ3n) is 2.64. The highest BCUT2D eigenvalue weighted by Gasteiger charge is 2.65. The van der Waals surface area contributed by atoms with Crippen LogP contribution in [0.25, 0.3) is 0 Å². The summed E-state index contributed by atoms with van der Waals surface area (Å²) >= 11 is 0. The fraction of sp³-hybridized carbons (Fsp3) is 0.857. The van der Waals surface area contributed by atoms with Gasteiger partial charge in [0.25, 0.3) is 0 Å². The van der Waals surface area contributed by atoms with Crippen LogP contribution in [0.5, 0.6) is 0 Å². The molecule has 0 N–H and O–H groups in total. The zero-order valence-electron chi connectivity index (χ0n) is 5.42. The average Bonchev–Trinajstić information content (AvgIpc) is 2.61. The van der Waals surface area contributed by atoms with E-state index in [1.807, 2.05) is 0 Å². The summed E-state index contributed by atoms with van der Waals surface area (Å²) in [7, 11) is 0. The first-order chi connectivity index (χ1) is 4.29. The van der Waals surface area contributed by atoms with Gasteiger partial charge in [0.2, 0.25) is 0 Å². The van der Waals surface area contributed by atoms with Crippen LogP contribution >= 0.6 is 0 Å². The minimum Gasteiger partial charge on any atom is -0.350 e. The van der Waals surface area contributed by atoms with Crippen LogP contribution in [0.4, 0.5) is 0 Å². The van der Waals surface area contributed by atoms with Crippen LogP contribution in [0.15, 0.2) is 0 Å². The summed E-state index contributed by atoms with van der Waals surface area (Å²) in [4.78, 5) is 0. The Morgan fingerprint density at radius 1 is 1.78 bits per heavy atom. The molecule has 3 atom stereocenters. The molecule has 0 amide bonds. The molecular formula is C7H9NO. The minimum atomic E-state index is -0.0683. The zero-order chi connectivity index (χ0) is 6.48. The molecule has 9 heavy (non-hydrogen) atoms. The largest absolute Gasteiger partial charge is 0.350 e. The van der Waals surface area contributed by atoms with Gasteiger partial charge in [-0.3, -0.25) is 0 Å². The van der Waals surface area contributed by atoms with E-state index >= 15 is 0 Å². The van der Waals surface area contributed by atoms with Crippen LogP contribution in [0.1, 0.15) is 19.8 Å². The van der Waals surface area contributed by atoms with E-state index in [0.717, 1.165) is 6.42 Å². The number of hydrogen-bond acceptors (Lipinski definition) is 2. The van der Waals surface area contributed by atoms with Gasteiger partial charge >= 0.3 is 0 Å². The second kappa shape index (κ2) is 1.30. The molecule has 0 bridgehead atoms. The topological polar surface area (TPSA) is 36.3 Å². The lowest BCUT2D eigenvalue weighted by molar-refractivity contribution is 0.121. The van der Waals surface area contributed by atoms with Gasteiger partial charge in [0.05, 0.1) is 6.07 Å². The highest BCUT2D eigenvalue weighted by Crippen LogP contribution is 2.55. The highest BCUT2D eigenvalue weighted by molar-refractivity contribution is 5.20. The maximum atomic E-state index is 8.45. The molecule has 48 valence electrons. The summed E-state index contributed by atoms with van der Waals surface area (Å²) < 4.78 is 5.24. The molecule has 2 fully saturated rings. The summed E-state index contributed by atoms with van der Waals surface area (Å²) in [6.07, 6.45) is 2.27. The molecule has 0 aromatic carbocycles. The van der Waals surface area contributed by atoms with Gasteiger partial charge < -0.3 is 4.74 Å². The minimum absolute atomic E-state index is 0.0365. The number of hydrogen-bond donors (Lipinski definition) is 0. The van der Waals surface area contributed by atoms with Gasteiger partial charge in [0.15, 0.2) is 6.10 Å². The van der Waals surface area contributed by atoms with Crippen molar-refractivity contribution in [2.45, 2.75) is 31.5 Å². The van der Waals surface area contributed by atoms with Gasteiger partial charge in [-0.05, 0) is 18.8 Å². The summed E-state index contributed by atoms with van der Waals surface area (Å²) in [5.74, 6) is 0.627. The van der Waals surface area contributed by atoms with Crippen molar-refractivity contribution < 1.29 is 4.74 Å². The summed E-state index contributed by atoms with van der Waals surface area (Å²) in [6, 6.07) is 2.14. The van der Waals surface area contributed by atoms with Gasteiger partial charge in [-0.2, -0.15) is 5.26 Å². The van der Waals surface area contributed by atoms with E-state index in [1.165, 1.54) is 6.42 Å². The first kappa shape index (κ1) is 5.25. The molecule has 1 spiro atoms. The second-order valence-electron chi connectivity index (χ2n) is 3.02. The van der Waals surface area contributed by atoms with Crippen molar-refractivity contribution in [3.8, 4) is 6.07 Å². The first-order valence-electron chi connectivity index (χ1n) is 3.37. The number of ether oxygens (including phenoxy) is 1. The molecular weight excluding hydrogens is 114 g/mol. The summed E-state index contributed by atoms with van der Waals surface area (Å²) in [5.41, 5.74) is 0.0365. The van der Waals surface area contributed by atoms with Crippen molar-refractivity contribution in [3.63, 3.8) is 0 Å². The highest BCUT2D eigenvalue weighted by atomic mass is 16.6. The average molecular weight is 123 g/mol. The van der Waals surface area contributed by atoms with E-state index in [2.05, 4.69) is 13.0 Å². The Bertz CT molecular complexity index is 184. The molecule has 2 heteroatoms. The second-order valence-corrected chi connectivity index (χ2v) is 3.02. The van der Waals surface area contributed by atoms with E-state index in [0.29, 0.717) is 5.92 Å². The van der Waals surface area contributed by atoms with E-state index in [-0.39, 0.29) is 11.7 Å². The molecule has 0 radical (unpaired) electrons. The van der Waals surface area contributed by atoms with E-state index in [1.54, 1.807) is 0 Å². The molecule has 1 aliphatic carbocycles. The third-order valence-corrected chi connectivity index (χ3v) is 2.64. The molecule has 2 rings (SSSR count). The number of nitriles is 1. The van der Waals surface area contributed by atoms with Gasteiger partial charge in [-0.25, -0.2) is 0 Å². The predicted molar refractivity (Wildman–Crippen MR) is 31.6 cm³/mol. The van der Waals surface area contributed by atoms with Gasteiger partial charge in [-0.15, -0.1) is 0 Å². The van der Waals surface area contributed by atoms with Crippen molar-refractivity contribution in [1.29, 1.82) is 5.26 Å². The molecule has 1 saturated carbocycles. The number of rotatable bonds is 0. The zero-order valence-corrected chi connectivity index (χ0v) is 5.42. The lowest BCUT2D eigenvalue weighted by Crippen LogP contribution is -2.34. The molecule has 3 unspecified atom stereocenters. The lowest BCUT2D eigenvalue weighted by Gasteiger charge is -2.30. The Kier molecular flexibility index (Phi) is 0.758. The quantitative estimate of drug-likeness (QED) is 0.452. The smallest absolute Gasteiger partial charge is 0.173 e. The molecule has 1 heterocycles. The molecule has 1 saturated heterocycles. The maximum absolute atomic E-state index is 8.45. The molecule has 2 aliphatic rings. The Morgan fingerprint density at radius 3 is 2.67 bits per heavy atom. The fourth-order valence-electron chi connectivity index (χ4n) is 1.60. The predicted octanol–water partition coefficient (Wildman–Crippen LogP) is 1.08. The standard InChI is InChI=1S/C7H9NO/c1-5-2-3-7(5)6(4-8)9-7/h5-6H,2-3H2,1H3. The normalized spacial score (nSPS) is 54.2. The Balaban J connectivity index is 2.08. The third kappa shape index (κ3) is 0.439. The molecule has 1 aliphatic heterocycles. The van der Waals surface area contributed by atoms with E-state index < -0.39 is 0 Å². The fourth-order valence-corrected chi connectivity index (χ4v) is 1.60. The Morgan fingerprint density at radius 2 is 2.56 bits per heavy atom. The van der Waals surface area contributed by atoms with Gasteiger partial charge in [-0.1, -0.05) is 6.92 Å². The first-order valence-corrected chi connectivity index (χ1v) is 3.37. The summed E-state index contributed by atoms with van der Waals surface area (Å²) in [6.45, 7) is 2.15. The number of nitrogens with zero attached hydrogens (tertiary/aromatic N) is 1. The van der Waals surface area contributed by atoms with Crippen LogP contribution in [-0.2, 0) is 4.74 Å². The van der Waals surface area contributed by atoms with Crippen molar-refractivity contribution in [1.82, 2.24) is 0 Å². The van der Waals surface area contributed by atoms with Crippen LogP contribution < -0.4 is 0 Å². The van der Waals surface area contributed by atoms with Crippen LogP contribution in [0, 0.1) is 17.2 Å². The van der Waals surface area contributed by atoms with E-state index in [4.69, 9.17) is 10.00 Å². The van der Waals surface area contributed by atoms with Crippen LogP contribution in [-0.4, -0.2) is 11.7 Å². The van der Waals surface area contributed by atoms with Crippen molar-refractivity contribution in [3.05, 3.63) is 0 Å². The maximum Gasteiger partial charge on any atom is 0.173 e. The number of epoxide rings is 1. The van der Waals surface area contributed by atoms with Crippen molar-refractivity contribution in [2.75, 3.05) is 0 Å². The Hall–Kier alpha value is -0.550.